The fourth-order valence-corrected chi connectivity index (χ4v) is 2.62. The molecule has 23 heavy (non-hydrogen) atoms. The van der Waals surface area contributed by atoms with E-state index >= 15 is 0 Å². The number of benzene rings is 1. The quantitative estimate of drug-likeness (QED) is 0.859. The third-order valence-electron chi connectivity index (χ3n) is 3.77. The standard InChI is InChI=1S/C16H19Cl2N3O2/c1-10(9-22)21(12-4-6-13(23-3)7-5-12)8-14-11(2)15(17)19-20-16(14)18/h4-7,10,22H,8-9H2,1-3H3/t10-/m1/s1. The summed E-state index contributed by atoms with van der Waals surface area (Å²) in [4.78, 5) is 2.03. The van der Waals surface area contributed by atoms with Gasteiger partial charge in [0.1, 0.15) is 5.75 Å². The second-order valence-electron chi connectivity index (χ2n) is 5.24. The van der Waals surface area contributed by atoms with Gasteiger partial charge in [-0.05, 0) is 43.7 Å². The van der Waals surface area contributed by atoms with E-state index in [2.05, 4.69) is 10.2 Å². The summed E-state index contributed by atoms with van der Waals surface area (Å²) < 4.78 is 5.18. The molecule has 0 aliphatic heterocycles. The first-order valence-electron chi connectivity index (χ1n) is 7.16. The highest BCUT2D eigenvalue weighted by molar-refractivity contribution is 6.32. The lowest BCUT2D eigenvalue weighted by Gasteiger charge is -2.31. The largest absolute Gasteiger partial charge is 0.497 e. The summed E-state index contributed by atoms with van der Waals surface area (Å²) in [5, 5.41) is 17.9. The first-order valence-corrected chi connectivity index (χ1v) is 7.92. The van der Waals surface area contributed by atoms with E-state index in [4.69, 9.17) is 27.9 Å². The van der Waals surface area contributed by atoms with Crippen LogP contribution in [0, 0.1) is 6.92 Å². The maximum atomic E-state index is 9.59. The molecule has 0 saturated heterocycles. The zero-order valence-corrected chi connectivity index (χ0v) is 14.8. The van der Waals surface area contributed by atoms with Crippen LogP contribution in [0.2, 0.25) is 10.3 Å². The van der Waals surface area contributed by atoms with Crippen molar-refractivity contribution in [2.24, 2.45) is 0 Å². The van der Waals surface area contributed by atoms with E-state index in [0.717, 1.165) is 22.6 Å². The average molecular weight is 356 g/mol. The van der Waals surface area contributed by atoms with Crippen LogP contribution >= 0.6 is 23.2 Å². The molecule has 1 heterocycles. The van der Waals surface area contributed by atoms with Gasteiger partial charge < -0.3 is 14.7 Å². The van der Waals surface area contributed by atoms with Gasteiger partial charge in [0, 0.05) is 23.8 Å². The Hall–Kier alpha value is -1.56. The Kier molecular flexibility index (Phi) is 6.04. The first kappa shape index (κ1) is 17.8. The van der Waals surface area contributed by atoms with Crippen LogP contribution < -0.4 is 9.64 Å². The third kappa shape index (κ3) is 4.05. The topological polar surface area (TPSA) is 58.5 Å². The fraction of sp³-hybridized carbons (Fsp3) is 0.375. The van der Waals surface area contributed by atoms with Crippen LogP contribution in [0.15, 0.2) is 24.3 Å². The van der Waals surface area contributed by atoms with Gasteiger partial charge in [-0.15, -0.1) is 10.2 Å². The normalized spacial score (nSPS) is 12.1. The van der Waals surface area contributed by atoms with E-state index in [-0.39, 0.29) is 12.6 Å². The van der Waals surface area contributed by atoms with Gasteiger partial charge in [0.2, 0.25) is 0 Å². The molecule has 0 amide bonds. The van der Waals surface area contributed by atoms with Gasteiger partial charge >= 0.3 is 0 Å². The van der Waals surface area contributed by atoms with Crippen molar-refractivity contribution in [3.63, 3.8) is 0 Å². The van der Waals surface area contributed by atoms with Crippen LogP contribution in [0.5, 0.6) is 5.75 Å². The molecule has 2 rings (SSSR count). The number of nitrogens with zero attached hydrogens (tertiary/aromatic N) is 3. The van der Waals surface area contributed by atoms with Crippen molar-refractivity contribution in [1.82, 2.24) is 10.2 Å². The lowest BCUT2D eigenvalue weighted by molar-refractivity contribution is 0.266. The van der Waals surface area contributed by atoms with Gasteiger partial charge in [-0.25, -0.2) is 0 Å². The third-order valence-corrected chi connectivity index (χ3v) is 4.43. The maximum absolute atomic E-state index is 9.59. The van der Waals surface area contributed by atoms with E-state index < -0.39 is 0 Å². The van der Waals surface area contributed by atoms with Crippen LogP contribution in [-0.4, -0.2) is 35.1 Å². The van der Waals surface area contributed by atoms with Gasteiger partial charge in [0.25, 0.3) is 0 Å². The molecule has 7 heteroatoms. The summed E-state index contributed by atoms with van der Waals surface area (Å²) in [6, 6.07) is 7.51. The zero-order valence-electron chi connectivity index (χ0n) is 13.3. The lowest BCUT2D eigenvalue weighted by atomic mass is 10.1. The highest BCUT2D eigenvalue weighted by Crippen LogP contribution is 2.28. The lowest BCUT2D eigenvalue weighted by Crippen LogP contribution is -2.35. The Morgan fingerprint density at radius 1 is 1.17 bits per heavy atom. The monoisotopic (exact) mass is 355 g/mol. The second-order valence-corrected chi connectivity index (χ2v) is 5.96. The predicted molar refractivity (Wildman–Crippen MR) is 92.5 cm³/mol. The van der Waals surface area contributed by atoms with Gasteiger partial charge in [0.15, 0.2) is 10.3 Å². The number of methoxy groups -OCH3 is 1. The number of halogens is 2. The molecule has 124 valence electrons. The molecule has 0 aliphatic carbocycles. The summed E-state index contributed by atoms with van der Waals surface area (Å²) in [6.07, 6.45) is 0. The number of aromatic nitrogens is 2. The second kappa shape index (κ2) is 7.81. The van der Waals surface area contributed by atoms with Crippen LogP contribution in [0.25, 0.3) is 0 Å². The minimum atomic E-state index is -0.106. The molecule has 1 N–H and O–H groups in total. The predicted octanol–water partition coefficient (Wildman–Crippen LogP) is 3.49. The van der Waals surface area contributed by atoms with E-state index in [1.165, 1.54) is 0 Å². The van der Waals surface area contributed by atoms with Crippen molar-refractivity contribution < 1.29 is 9.84 Å². The molecule has 1 atom stereocenters. The van der Waals surface area contributed by atoms with Crippen LogP contribution in [0.4, 0.5) is 5.69 Å². The molecule has 0 fully saturated rings. The van der Waals surface area contributed by atoms with Crippen molar-refractivity contribution in [1.29, 1.82) is 0 Å². The Morgan fingerprint density at radius 3 is 2.35 bits per heavy atom. The Balaban J connectivity index is 2.38. The molecule has 0 aliphatic rings. The van der Waals surface area contributed by atoms with Gasteiger partial charge in [-0.3, -0.25) is 0 Å². The highest BCUT2D eigenvalue weighted by Gasteiger charge is 2.19. The van der Waals surface area contributed by atoms with Gasteiger partial charge in [0.05, 0.1) is 13.7 Å². The van der Waals surface area contributed by atoms with Gasteiger partial charge in [-0.2, -0.15) is 0 Å². The number of hydrogen-bond acceptors (Lipinski definition) is 5. The summed E-state index contributed by atoms with van der Waals surface area (Å²) >= 11 is 12.2. The number of rotatable bonds is 6. The van der Waals surface area contributed by atoms with E-state index in [1.54, 1.807) is 7.11 Å². The molecule has 5 nitrogen and oxygen atoms in total. The van der Waals surface area contributed by atoms with E-state index in [1.807, 2.05) is 43.0 Å². The first-order chi connectivity index (χ1) is 11.0. The highest BCUT2D eigenvalue weighted by atomic mass is 35.5. The van der Waals surface area contributed by atoms with Crippen LogP contribution in [0.1, 0.15) is 18.1 Å². The SMILES string of the molecule is COc1ccc(N(Cc2c(Cl)nnc(Cl)c2C)[C@H](C)CO)cc1. The van der Waals surface area contributed by atoms with Gasteiger partial charge in [-0.1, -0.05) is 23.2 Å². The fourth-order valence-electron chi connectivity index (χ4n) is 2.23. The van der Waals surface area contributed by atoms with E-state index in [9.17, 15) is 5.11 Å². The zero-order chi connectivity index (χ0) is 17.0. The Bertz CT molecular complexity index is 665. The molecule has 0 radical (unpaired) electrons. The summed E-state index contributed by atoms with van der Waals surface area (Å²) in [5.74, 6) is 0.771. The molecule has 0 spiro atoms. The summed E-state index contributed by atoms with van der Waals surface area (Å²) in [6.45, 7) is 4.26. The Morgan fingerprint density at radius 2 is 1.78 bits per heavy atom. The molecular weight excluding hydrogens is 337 g/mol. The molecule has 0 saturated carbocycles. The minimum absolute atomic E-state index is 0.00887. The van der Waals surface area contributed by atoms with Crippen molar-refractivity contribution in [3.05, 3.63) is 45.7 Å². The van der Waals surface area contributed by atoms with Crippen molar-refractivity contribution >= 4 is 28.9 Å². The number of aliphatic hydroxyl groups excluding tert-OH is 1. The van der Waals surface area contributed by atoms with E-state index in [0.29, 0.717) is 16.9 Å². The summed E-state index contributed by atoms with van der Waals surface area (Å²) in [5.41, 5.74) is 2.52. The van der Waals surface area contributed by atoms with Crippen molar-refractivity contribution in [3.8, 4) is 5.75 Å². The smallest absolute Gasteiger partial charge is 0.157 e. The van der Waals surface area contributed by atoms with Crippen molar-refractivity contribution in [2.75, 3.05) is 18.6 Å². The van der Waals surface area contributed by atoms with Crippen LogP contribution in [0.3, 0.4) is 0 Å². The molecule has 1 aromatic carbocycles. The molecule has 0 unspecified atom stereocenters. The maximum Gasteiger partial charge on any atom is 0.157 e. The minimum Gasteiger partial charge on any atom is -0.497 e. The van der Waals surface area contributed by atoms with Crippen LogP contribution in [-0.2, 0) is 6.54 Å². The molecule has 2 aromatic rings. The number of anilines is 1. The summed E-state index contributed by atoms with van der Waals surface area (Å²) in [7, 11) is 1.62. The average Bonchev–Trinajstić information content (AvgIpc) is 2.58. The number of ether oxygens (including phenoxy) is 1. The number of hydrogen-bond donors (Lipinski definition) is 1. The molecule has 0 bridgehead atoms. The van der Waals surface area contributed by atoms with Crippen molar-refractivity contribution in [2.45, 2.75) is 26.4 Å². The number of aliphatic hydroxyl groups is 1. The molecule has 1 aromatic heterocycles. The molecular formula is C16H19Cl2N3O2. The Labute approximate surface area is 145 Å².